The summed E-state index contributed by atoms with van der Waals surface area (Å²) >= 11 is 0. The summed E-state index contributed by atoms with van der Waals surface area (Å²) in [5.41, 5.74) is 0.0687. The second kappa shape index (κ2) is 7.83. The first-order chi connectivity index (χ1) is 15.3. The van der Waals surface area contributed by atoms with Crippen LogP contribution < -0.4 is 14.8 Å². The first kappa shape index (κ1) is 23.2. The topological polar surface area (TPSA) is 152 Å². The maximum atomic E-state index is 13.2. The van der Waals surface area contributed by atoms with Gasteiger partial charge in [0.15, 0.2) is 5.82 Å². The van der Waals surface area contributed by atoms with Gasteiger partial charge in [-0.05, 0) is 43.9 Å². The number of aromatic nitrogens is 3. The van der Waals surface area contributed by atoms with E-state index in [1.54, 1.807) is 4.68 Å². The van der Waals surface area contributed by atoms with Gasteiger partial charge in [0.05, 0.1) is 17.5 Å². The molecular weight excluding hydrogens is 468 g/mol. The molecule has 3 heterocycles. The summed E-state index contributed by atoms with van der Waals surface area (Å²) in [5, 5.41) is 7.27. The van der Waals surface area contributed by atoms with Crippen molar-refractivity contribution in [1.82, 2.24) is 19.5 Å². The fourth-order valence-electron chi connectivity index (χ4n) is 4.07. The van der Waals surface area contributed by atoms with E-state index in [9.17, 15) is 21.6 Å². The maximum absolute atomic E-state index is 13.2. The minimum Gasteiger partial charge on any atom is -0.340 e. The van der Waals surface area contributed by atoms with Gasteiger partial charge in [0.1, 0.15) is 17.0 Å². The summed E-state index contributed by atoms with van der Waals surface area (Å²) in [5.74, 6) is 0.268. The van der Waals surface area contributed by atoms with Crippen molar-refractivity contribution in [3.63, 3.8) is 0 Å². The third kappa shape index (κ3) is 4.47. The Labute approximate surface area is 192 Å². The molecule has 0 amide bonds. The molecule has 1 aromatic heterocycles. The fourth-order valence-corrected chi connectivity index (χ4v) is 5.87. The number of rotatable bonds is 5. The lowest BCUT2D eigenvalue weighted by Gasteiger charge is -2.37. The number of ketones is 1. The average Bonchev–Trinajstić information content (AvgIpc) is 3.20. The highest BCUT2D eigenvalue weighted by molar-refractivity contribution is 7.92. The number of nitrogens with zero attached hydrogens (tertiary/aromatic N) is 3. The number of anilines is 2. The molecule has 1 aromatic carbocycles. The van der Waals surface area contributed by atoms with Gasteiger partial charge in [-0.15, -0.1) is 0 Å². The Balaban J connectivity index is 1.77. The maximum Gasteiger partial charge on any atom is 0.265 e. The molecule has 0 radical (unpaired) electrons. The van der Waals surface area contributed by atoms with Gasteiger partial charge in [0.25, 0.3) is 10.0 Å². The lowest BCUT2D eigenvalue weighted by molar-refractivity contribution is 0.0949. The predicted molar refractivity (Wildman–Crippen MR) is 123 cm³/mol. The Morgan fingerprint density at radius 2 is 2.03 bits per heavy atom. The van der Waals surface area contributed by atoms with Crippen LogP contribution in [0.1, 0.15) is 50.7 Å². The molecule has 2 aliphatic rings. The van der Waals surface area contributed by atoms with E-state index in [1.165, 1.54) is 24.5 Å². The van der Waals surface area contributed by atoms with E-state index in [2.05, 4.69) is 38.7 Å². The number of allylic oxidation sites excluding steroid dienone is 1. The Kier molecular flexibility index (Phi) is 5.52. The molecule has 1 atom stereocenters. The Bertz CT molecular complexity index is 1380. The molecule has 2 aromatic rings. The Hall–Kier alpha value is -2.93. The molecule has 0 saturated heterocycles. The van der Waals surface area contributed by atoms with E-state index in [4.69, 9.17) is 0 Å². The second-order valence-electron chi connectivity index (χ2n) is 9.10. The Morgan fingerprint density at radius 1 is 1.30 bits per heavy atom. The van der Waals surface area contributed by atoms with Gasteiger partial charge in [0.2, 0.25) is 15.8 Å². The SMILES string of the molecule is CC(C)CCC1(C)C/C(=C2\Nc3ccc(NS(C)(=O)=O)cc3S(=O)(=O)N2)C(=O)c2ncnn21. The number of benzene rings is 1. The van der Waals surface area contributed by atoms with Crippen LogP contribution in [0.2, 0.25) is 0 Å². The van der Waals surface area contributed by atoms with Crippen LogP contribution in [0.4, 0.5) is 11.4 Å². The minimum atomic E-state index is -4.07. The number of sulfonamides is 2. The summed E-state index contributed by atoms with van der Waals surface area (Å²) in [6.07, 6.45) is 4.20. The van der Waals surface area contributed by atoms with Crippen LogP contribution in [0, 0.1) is 5.92 Å². The van der Waals surface area contributed by atoms with E-state index in [-0.39, 0.29) is 39.9 Å². The van der Waals surface area contributed by atoms with Crippen molar-refractivity contribution in [1.29, 1.82) is 0 Å². The number of nitrogens with one attached hydrogen (secondary N) is 3. The van der Waals surface area contributed by atoms with Crippen molar-refractivity contribution in [3.8, 4) is 0 Å². The van der Waals surface area contributed by atoms with Gasteiger partial charge < -0.3 is 5.32 Å². The molecule has 0 fully saturated rings. The number of fused-ring (bicyclic) bond motifs is 2. The predicted octanol–water partition coefficient (Wildman–Crippen LogP) is 2.00. The largest absolute Gasteiger partial charge is 0.340 e. The summed E-state index contributed by atoms with van der Waals surface area (Å²) < 4.78 is 55.4. The normalized spacial score (nSPS) is 24.0. The third-order valence-electron chi connectivity index (χ3n) is 5.73. The zero-order valence-corrected chi connectivity index (χ0v) is 20.3. The zero-order valence-electron chi connectivity index (χ0n) is 18.7. The van der Waals surface area contributed by atoms with Crippen LogP contribution >= 0.6 is 0 Å². The molecule has 4 rings (SSSR count). The highest BCUT2D eigenvalue weighted by Crippen LogP contribution is 2.39. The molecule has 0 bridgehead atoms. The molecule has 0 spiro atoms. The highest BCUT2D eigenvalue weighted by atomic mass is 32.2. The van der Waals surface area contributed by atoms with Gasteiger partial charge in [-0.3, -0.25) is 14.2 Å². The van der Waals surface area contributed by atoms with E-state index < -0.39 is 31.4 Å². The smallest absolute Gasteiger partial charge is 0.265 e. The molecule has 178 valence electrons. The van der Waals surface area contributed by atoms with E-state index >= 15 is 0 Å². The Morgan fingerprint density at radius 3 is 2.70 bits per heavy atom. The summed E-state index contributed by atoms with van der Waals surface area (Å²) in [4.78, 5) is 17.2. The quantitative estimate of drug-likeness (QED) is 0.534. The van der Waals surface area contributed by atoms with Gasteiger partial charge in [0, 0.05) is 17.7 Å². The first-order valence-electron chi connectivity index (χ1n) is 10.4. The summed E-state index contributed by atoms with van der Waals surface area (Å²) in [6.45, 7) is 6.20. The van der Waals surface area contributed by atoms with Crippen LogP contribution in [0.3, 0.4) is 0 Å². The summed E-state index contributed by atoms with van der Waals surface area (Å²) in [6, 6.07) is 4.12. The first-order valence-corrected chi connectivity index (χ1v) is 13.8. The molecule has 3 N–H and O–H groups in total. The summed E-state index contributed by atoms with van der Waals surface area (Å²) in [7, 11) is -7.65. The van der Waals surface area contributed by atoms with Gasteiger partial charge in [-0.2, -0.15) is 5.10 Å². The number of hydrogen-bond donors (Lipinski definition) is 3. The van der Waals surface area contributed by atoms with Crippen LogP contribution in [-0.4, -0.2) is 43.6 Å². The third-order valence-corrected chi connectivity index (χ3v) is 7.72. The molecule has 0 saturated carbocycles. The molecule has 11 nitrogen and oxygen atoms in total. The van der Waals surface area contributed by atoms with Crippen LogP contribution in [0.5, 0.6) is 0 Å². The van der Waals surface area contributed by atoms with Crippen molar-refractivity contribution in [2.75, 3.05) is 16.3 Å². The van der Waals surface area contributed by atoms with Gasteiger partial charge >= 0.3 is 0 Å². The average molecular weight is 495 g/mol. The molecule has 0 aliphatic carbocycles. The van der Waals surface area contributed by atoms with Crippen LogP contribution in [0.15, 0.2) is 40.8 Å². The van der Waals surface area contributed by atoms with E-state index in [1.807, 2.05) is 6.92 Å². The standard InChI is InChI=1S/C20H26N6O5S2/c1-12(2)7-8-20(3)10-14(17(27)19-21-11-22-26(19)20)18-23-15-6-5-13(24-32(4,28)29)9-16(15)33(30,31)25-18/h5-6,9,11-12,23-25H,7-8,10H2,1-4H3/b18-14-. The molecule has 2 aliphatic heterocycles. The lowest BCUT2D eigenvalue weighted by atomic mass is 9.82. The molecule has 13 heteroatoms. The van der Waals surface area contributed by atoms with Crippen molar-refractivity contribution in [2.45, 2.75) is 50.5 Å². The van der Waals surface area contributed by atoms with Crippen molar-refractivity contribution in [2.24, 2.45) is 5.92 Å². The number of hydrogen-bond acceptors (Lipinski definition) is 8. The van der Waals surface area contributed by atoms with Crippen LogP contribution in [-0.2, 0) is 25.6 Å². The monoisotopic (exact) mass is 494 g/mol. The van der Waals surface area contributed by atoms with Crippen molar-refractivity contribution < 1.29 is 21.6 Å². The number of Topliss-reactive ketones (excluding diaryl/α,β-unsaturated/α-hetero) is 1. The number of carbonyl (C=O) groups is 1. The molecule has 1 unspecified atom stereocenters. The lowest BCUT2D eigenvalue weighted by Crippen LogP contribution is -2.43. The van der Waals surface area contributed by atoms with Crippen LogP contribution in [0.25, 0.3) is 0 Å². The number of carbonyl (C=O) groups excluding carboxylic acids is 1. The minimum absolute atomic E-state index is 0.0707. The van der Waals surface area contributed by atoms with E-state index in [0.29, 0.717) is 5.92 Å². The molecular formula is C20H26N6O5S2. The van der Waals surface area contributed by atoms with Gasteiger partial charge in [-0.1, -0.05) is 13.8 Å². The van der Waals surface area contributed by atoms with Crippen molar-refractivity contribution in [3.05, 3.63) is 41.7 Å². The van der Waals surface area contributed by atoms with E-state index in [0.717, 1.165) is 19.1 Å². The highest BCUT2D eigenvalue weighted by Gasteiger charge is 2.42. The van der Waals surface area contributed by atoms with Crippen molar-refractivity contribution >= 4 is 37.2 Å². The van der Waals surface area contributed by atoms with Gasteiger partial charge in [-0.25, -0.2) is 26.5 Å². The molecule has 33 heavy (non-hydrogen) atoms. The zero-order chi connectivity index (χ0) is 24.2. The fraction of sp³-hybridized carbons (Fsp3) is 0.450. The second-order valence-corrected chi connectivity index (χ2v) is 12.5.